The van der Waals surface area contributed by atoms with Crippen molar-refractivity contribution in [3.63, 3.8) is 0 Å². The molecule has 1 aromatic rings. The summed E-state index contributed by atoms with van der Waals surface area (Å²) in [6, 6.07) is 2.11. The van der Waals surface area contributed by atoms with Crippen molar-refractivity contribution in [3.8, 4) is 0 Å². The van der Waals surface area contributed by atoms with Crippen LogP contribution >= 0.6 is 0 Å². The van der Waals surface area contributed by atoms with Gasteiger partial charge in [0, 0.05) is 24.2 Å². The normalized spacial score (nSPS) is 16.9. The summed E-state index contributed by atoms with van der Waals surface area (Å²) >= 11 is 0. The van der Waals surface area contributed by atoms with Crippen molar-refractivity contribution in [3.05, 3.63) is 17.6 Å². The predicted molar refractivity (Wildman–Crippen MR) is 84.3 cm³/mol. The van der Waals surface area contributed by atoms with Crippen LogP contribution in [0.5, 0.6) is 0 Å². The summed E-state index contributed by atoms with van der Waals surface area (Å²) < 4.78 is 0. The lowest BCUT2D eigenvalue weighted by Crippen LogP contribution is -2.31. The molecule has 1 aliphatic heterocycles. The molecule has 1 saturated heterocycles. The molecule has 0 bridgehead atoms. The van der Waals surface area contributed by atoms with E-state index in [0.717, 1.165) is 42.9 Å². The maximum atomic E-state index is 4.67. The Labute approximate surface area is 122 Å². The van der Waals surface area contributed by atoms with Crippen LogP contribution in [0.25, 0.3) is 0 Å². The zero-order valence-corrected chi connectivity index (χ0v) is 13.2. The van der Waals surface area contributed by atoms with Crippen LogP contribution in [0.1, 0.15) is 63.9 Å². The van der Waals surface area contributed by atoms with Crippen LogP contribution in [0.2, 0.25) is 0 Å². The molecule has 0 radical (unpaired) electrons. The molecular weight excluding hydrogens is 248 g/mol. The van der Waals surface area contributed by atoms with Gasteiger partial charge in [-0.1, -0.05) is 27.7 Å². The molecule has 4 heteroatoms. The molecule has 112 valence electrons. The lowest BCUT2D eigenvalue weighted by molar-refractivity contribution is 0.389. The van der Waals surface area contributed by atoms with Crippen LogP contribution in [-0.4, -0.2) is 29.6 Å². The number of rotatable bonds is 5. The second-order valence-electron chi connectivity index (χ2n) is 6.42. The lowest BCUT2D eigenvalue weighted by Gasteiger charge is -2.23. The van der Waals surface area contributed by atoms with E-state index in [1.807, 2.05) is 0 Å². The van der Waals surface area contributed by atoms with E-state index in [-0.39, 0.29) is 0 Å². The minimum atomic E-state index is 0.369. The van der Waals surface area contributed by atoms with Gasteiger partial charge in [-0.25, -0.2) is 9.97 Å². The molecule has 2 N–H and O–H groups in total. The van der Waals surface area contributed by atoms with Gasteiger partial charge in [-0.2, -0.15) is 0 Å². The van der Waals surface area contributed by atoms with E-state index in [0.29, 0.717) is 11.8 Å². The zero-order chi connectivity index (χ0) is 14.5. The second kappa shape index (κ2) is 7.02. The van der Waals surface area contributed by atoms with E-state index in [9.17, 15) is 0 Å². The van der Waals surface area contributed by atoms with Crippen LogP contribution in [0.4, 0.5) is 5.82 Å². The largest absolute Gasteiger partial charge is 0.370 e. The van der Waals surface area contributed by atoms with Gasteiger partial charge in [-0.3, -0.25) is 0 Å². The molecule has 20 heavy (non-hydrogen) atoms. The van der Waals surface area contributed by atoms with E-state index >= 15 is 0 Å². The van der Waals surface area contributed by atoms with Crippen molar-refractivity contribution < 1.29 is 0 Å². The summed E-state index contributed by atoms with van der Waals surface area (Å²) in [6.45, 7) is 12.0. The third-order valence-corrected chi connectivity index (χ3v) is 3.90. The van der Waals surface area contributed by atoms with Gasteiger partial charge in [0.05, 0.1) is 0 Å². The van der Waals surface area contributed by atoms with Crippen LogP contribution in [0.3, 0.4) is 0 Å². The lowest BCUT2D eigenvalue weighted by atomic mass is 9.98. The molecule has 1 fully saturated rings. The van der Waals surface area contributed by atoms with Crippen LogP contribution < -0.4 is 10.6 Å². The van der Waals surface area contributed by atoms with Gasteiger partial charge in [0.25, 0.3) is 0 Å². The molecule has 0 amide bonds. The Bertz CT molecular complexity index is 396. The standard InChI is InChI=1S/C16H28N4/c1-11(2)14-9-15(20-16(19-14)12(3)4)18-10-13-5-7-17-8-6-13/h9,11-13,17H,5-8,10H2,1-4H3,(H,18,19,20). The number of hydrogen-bond acceptors (Lipinski definition) is 4. The Morgan fingerprint density at radius 2 is 1.85 bits per heavy atom. The molecule has 2 heterocycles. The summed E-state index contributed by atoms with van der Waals surface area (Å²) in [5.41, 5.74) is 1.14. The Balaban J connectivity index is 2.05. The summed E-state index contributed by atoms with van der Waals surface area (Å²) in [5.74, 6) is 3.51. The van der Waals surface area contributed by atoms with Gasteiger partial charge in [-0.05, 0) is 37.8 Å². The van der Waals surface area contributed by atoms with Crippen molar-refractivity contribution >= 4 is 5.82 Å². The Morgan fingerprint density at radius 1 is 1.15 bits per heavy atom. The van der Waals surface area contributed by atoms with E-state index < -0.39 is 0 Å². The molecule has 4 nitrogen and oxygen atoms in total. The summed E-state index contributed by atoms with van der Waals surface area (Å²) in [4.78, 5) is 9.33. The van der Waals surface area contributed by atoms with E-state index in [4.69, 9.17) is 0 Å². The number of hydrogen-bond donors (Lipinski definition) is 2. The molecule has 2 rings (SSSR count). The molecule has 0 aliphatic carbocycles. The minimum absolute atomic E-state index is 0.369. The van der Waals surface area contributed by atoms with Crippen molar-refractivity contribution in [1.82, 2.24) is 15.3 Å². The second-order valence-corrected chi connectivity index (χ2v) is 6.42. The Kier molecular flexibility index (Phi) is 5.35. The third kappa shape index (κ3) is 4.17. The maximum Gasteiger partial charge on any atom is 0.133 e. The first-order valence-corrected chi connectivity index (χ1v) is 7.89. The highest BCUT2D eigenvalue weighted by molar-refractivity contribution is 5.37. The van der Waals surface area contributed by atoms with Gasteiger partial charge in [-0.15, -0.1) is 0 Å². The highest BCUT2D eigenvalue weighted by Gasteiger charge is 2.14. The molecule has 1 aromatic heterocycles. The van der Waals surface area contributed by atoms with Crippen LogP contribution in [0.15, 0.2) is 6.07 Å². The number of aromatic nitrogens is 2. The van der Waals surface area contributed by atoms with Crippen molar-refractivity contribution in [1.29, 1.82) is 0 Å². The quantitative estimate of drug-likeness (QED) is 0.867. The summed E-state index contributed by atoms with van der Waals surface area (Å²) in [6.07, 6.45) is 2.51. The smallest absolute Gasteiger partial charge is 0.133 e. The number of nitrogens with one attached hydrogen (secondary N) is 2. The number of piperidine rings is 1. The Morgan fingerprint density at radius 3 is 2.45 bits per heavy atom. The SMILES string of the molecule is CC(C)c1cc(NCC2CCNCC2)nc(C(C)C)n1. The molecule has 0 spiro atoms. The third-order valence-electron chi connectivity index (χ3n) is 3.90. The first-order chi connectivity index (χ1) is 9.56. The monoisotopic (exact) mass is 276 g/mol. The van der Waals surface area contributed by atoms with E-state index in [1.54, 1.807) is 0 Å². The van der Waals surface area contributed by atoms with Crippen LogP contribution in [0, 0.1) is 5.92 Å². The molecule has 0 unspecified atom stereocenters. The van der Waals surface area contributed by atoms with E-state index in [2.05, 4.69) is 54.4 Å². The minimum Gasteiger partial charge on any atom is -0.370 e. The highest BCUT2D eigenvalue weighted by atomic mass is 15.0. The topological polar surface area (TPSA) is 49.8 Å². The molecule has 1 aliphatic rings. The fraction of sp³-hybridized carbons (Fsp3) is 0.750. The maximum absolute atomic E-state index is 4.67. The van der Waals surface area contributed by atoms with Crippen molar-refractivity contribution in [2.24, 2.45) is 5.92 Å². The van der Waals surface area contributed by atoms with Crippen LogP contribution in [-0.2, 0) is 0 Å². The van der Waals surface area contributed by atoms with Gasteiger partial charge in [0.15, 0.2) is 0 Å². The van der Waals surface area contributed by atoms with Gasteiger partial charge in [0.2, 0.25) is 0 Å². The van der Waals surface area contributed by atoms with Crippen molar-refractivity contribution in [2.75, 3.05) is 25.0 Å². The molecule has 0 saturated carbocycles. The zero-order valence-electron chi connectivity index (χ0n) is 13.2. The van der Waals surface area contributed by atoms with Crippen molar-refractivity contribution in [2.45, 2.75) is 52.4 Å². The molecule has 0 aromatic carbocycles. The Hall–Kier alpha value is -1.16. The predicted octanol–water partition coefficient (Wildman–Crippen LogP) is 3.13. The summed E-state index contributed by atoms with van der Waals surface area (Å²) in [5, 5.41) is 6.93. The fourth-order valence-electron chi connectivity index (χ4n) is 2.46. The fourth-order valence-corrected chi connectivity index (χ4v) is 2.46. The molecular formula is C16H28N4. The van der Waals surface area contributed by atoms with Gasteiger partial charge < -0.3 is 10.6 Å². The van der Waals surface area contributed by atoms with Gasteiger partial charge in [0.1, 0.15) is 11.6 Å². The highest BCUT2D eigenvalue weighted by Crippen LogP contribution is 2.20. The average molecular weight is 276 g/mol. The first-order valence-electron chi connectivity index (χ1n) is 7.89. The molecule has 0 atom stereocenters. The average Bonchev–Trinajstić information content (AvgIpc) is 2.45. The number of nitrogens with zero attached hydrogens (tertiary/aromatic N) is 2. The van der Waals surface area contributed by atoms with Gasteiger partial charge >= 0.3 is 0 Å². The van der Waals surface area contributed by atoms with E-state index in [1.165, 1.54) is 12.8 Å². The summed E-state index contributed by atoms with van der Waals surface area (Å²) in [7, 11) is 0. The first kappa shape index (κ1) is 15.2. The number of anilines is 1.